The van der Waals surface area contributed by atoms with Gasteiger partial charge in [0.2, 0.25) is 0 Å². The SMILES string of the molecule is CCCOCCC(Cc1cn2ccsc2n1)NCC. The lowest BCUT2D eigenvalue weighted by Gasteiger charge is -2.16. The molecule has 2 rings (SSSR count). The largest absolute Gasteiger partial charge is 0.381 e. The number of likely N-dealkylation sites (N-methyl/N-ethyl adjacent to an activating group) is 1. The van der Waals surface area contributed by atoms with Crippen LogP contribution in [0.1, 0.15) is 32.4 Å². The van der Waals surface area contributed by atoms with E-state index in [-0.39, 0.29) is 0 Å². The van der Waals surface area contributed by atoms with E-state index in [2.05, 4.69) is 46.3 Å². The Hall–Kier alpha value is -0.910. The summed E-state index contributed by atoms with van der Waals surface area (Å²) >= 11 is 1.68. The van der Waals surface area contributed by atoms with Gasteiger partial charge >= 0.3 is 0 Å². The van der Waals surface area contributed by atoms with Crippen molar-refractivity contribution in [3.8, 4) is 0 Å². The van der Waals surface area contributed by atoms with E-state index in [9.17, 15) is 0 Å². The fraction of sp³-hybridized carbons (Fsp3) is 0.643. The van der Waals surface area contributed by atoms with Gasteiger partial charge in [0, 0.05) is 43.5 Å². The maximum atomic E-state index is 5.58. The monoisotopic (exact) mass is 281 g/mol. The molecule has 0 spiro atoms. The van der Waals surface area contributed by atoms with E-state index < -0.39 is 0 Å². The van der Waals surface area contributed by atoms with Crippen LogP contribution in [0, 0.1) is 0 Å². The van der Waals surface area contributed by atoms with E-state index in [0.29, 0.717) is 6.04 Å². The molecular weight excluding hydrogens is 258 g/mol. The molecule has 0 saturated heterocycles. The molecule has 0 bridgehead atoms. The highest BCUT2D eigenvalue weighted by molar-refractivity contribution is 7.15. The maximum absolute atomic E-state index is 5.58. The Balaban J connectivity index is 1.86. The van der Waals surface area contributed by atoms with Crippen LogP contribution in [-0.4, -0.2) is 35.2 Å². The van der Waals surface area contributed by atoms with Crippen molar-refractivity contribution in [3.63, 3.8) is 0 Å². The van der Waals surface area contributed by atoms with Crippen molar-refractivity contribution < 1.29 is 4.74 Å². The second kappa shape index (κ2) is 7.62. The molecule has 0 aliphatic rings. The minimum atomic E-state index is 0.450. The lowest BCUT2D eigenvalue weighted by molar-refractivity contribution is 0.124. The molecule has 2 heterocycles. The van der Waals surface area contributed by atoms with E-state index in [1.807, 2.05) is 0 Å². The predicted molar refractivity (Wildman–Crippen MR) is 80.0 cm³/mol. The first-order chi connectivity index (χ1) is 9.33. The van der Waals surface area contributed by atoms with Crippen LogP contribution < -0.4 is 5.32 Å². The summed E-state index contributed by atoms with van der Waals surface area (Å²) in [6.45, 7) is 6.96. The first kappa shape index (κ1) is 14.5. The fourth-order valence-electron chi connectivity index (χ4n) is 2.16. The van der Waals surface area contributed by atoms with Crippen LogP contribution in [0.15, 0.2) is 17.8 Å². The number of hydrogen-bond donors (Lipinski definition) is 1. The summed E-state index contributed by atoms with van der Waals surface area (Å²) in [5.74, 6) is 0. The lowest BCUT2D eigenvalue weighted by Crippen LogP contribution is -2.32. The zero-order chi connectivity index (χ0) is 13.5. The van der Waals surface area contributed by atoms with E-state index in [4.69, 9.17) is 4.74 Å². The summed E-state index contributed by atoms with van der Waals surface area (Å²) in [5.41, 5.74) is 1.16. The summed E-state index contributed by atoms with van der Waals surface area (Å²) in [4.78, 5) is 5.72. The molecule has 4 nitrogen and oxygen atoms in total. The fourth-order valence-corrected chi connectivity index (χ4v) is 2.88. The van der Waals surface area contributed by atoms with Crippen molar-refractivity contribution >= 4 is 16.3 Å². The number of thiazole rings is 1. The van der Waals surface area contributed by atoms with E-state index >= 15 is 0 Å². The van der Waals surface area contributed by atoms with Crippen molar-refractivity contribution in [3.05, 3.63) is 23.5 Å². The molecule has 1 N–H and O–H groups in total. The van der Waals surface area contributed by atoms with Crippen LogP contribution in [-0.2, 0) is 11.2 Å². The molecular formula is C14H23N3OS. The topological polar surface area (TPSA) is 38.6 Å². The van der Waals surface area contributed by atoms with E-state index in [0.717, 1.165) is 49.7 Å². The van der Waals surface area contributed by atoms with Gasteiger partial charge in [-0.05, 0) is 19.4 Å². The van der Waals surface area contributed by atoms with Gasteiger partial charge in [-0.15, -0.1) is 11.3 Å². The van der Waals surface area contributed by atoms with Crippen LogP contribution in [0.3, 0.4) is 0 Å². The molecule has 0 radical (unpaired) electrons. The second-order valence-corrected chi connectivity index (χ2v) is 5.56. The molecule has 106 valence electrons. The zero-order valence-corrected chi connectivity index (χ0v) is 12.6. The van der Waals surface area contributed by atoms with Gasteiger partial charge in [-0.3, -0.25) is 4.40 Å². The third kappa shape index (κ3) is 4.30. The Bertz CT molecular complexity index is 451. The van der Waals surface area contributed by atoms with Gasteiger partial charge in [0.05, 0.1) is 5.69 Å². The highest BCUT2D eigenvalue weighted by atomic mass is 32.1. The van der Waals surface area contributed by atoms with Crippen molar-refractivity contribution in [1.29, 1.82) is 0 Å². The minimum Gasteiger partial charge on any atom is -0.381 e. The van der Waals surface area contributed by atoms with Gasteiger partial charge in [-0.25, -0.2) is 4.98 Å². The van der Waals surface area contributed by atoms with Gasteiger partial charge in [0.1, 0.15) is 0 Å². The molecule has 0 aliphatic heterocycles. The summed E-state index contributed by atoms with van der Waals surface area (Å²) in [7, 11) is 0. The maximum Gasteiger partial charge on any atom is 0.193 e. The molecule has 0 aliphatic carbocycles. The van der Waals surface area contributed by atoms with E-state index in [1.165, 1.54) is 0 Å². The Kier molecular flexibility index (Phi) is 5.82. The highest BCUT2D eigenvalue weighted by Gasteiger charge is 2.11. The van der Waals surface area contributed by atoms with Gasteiger partial charge in [0.15, 0.2) is 4.96 Å². The lowest BCUT2D eigenvalue weighted by atomic mass is 10.1. The molecule has 2 aromatic heterocycles. The first-order valence-electron chi connectivity index (χ1n) is 7.05. The van der Waals surface area contributed by atoms with Crippen molar-refractivity contribution in [1.82, 2.24) is 14.7 Å². The van der Waals surface area contributed by atoms with E-state index in [1.54, 1.807) is 11.3 Å². The van der Waals surface area contributed by atoms with Crippen LogP contribution in [0.2, 0.25) is 0 Å². The van der Waals surface area contributed by atoms with Crippen LogP contribution in [0.25, 0.3) is 4.96 Å². The number of aromatic nitrogens is 2. The Morgan fingerprint density at radius 3 is 3.05 bits per heavy atom. The number of nitrogens with zero attached hydrogens (tertiary/aromatic N) is 2. The normalized spacial score (nSPS) is 13.2. The highest BCUT2D eigenvalue weighted by Crippen LogP contribution is 2.13. The smallest absolute Gasteiger partial charge is 0.193 e. The molecule has 2 aromatic rings. The van der Waals surface area contributed by atoms with Crippen LogP contribution >= 0.6 is 11.3 Å². The number of hydrogen-bond acceptors (Lipinski definition) is 4. The molecule has 0 saturated carbocycles. The molecule has 0 fully saturated rings. The summed E-state index contributed by atoms with van der Waals surface area (Å²) in [5, 5.41) is 5.58. The molecule has 19 heavy (non-hydrogen) atoms. The van der Waals surface area contributed by atoms with Crippen LogP contribution in [0.5, 0.6) is 0 Å². The number of nitrogens with one attached hydrogen (secondary N) is 1. The molecule has 1 atom stereocenters. The standard InChI is InChI=1S/C14H23N3OS/c1-3-7-18-8-5-12(15-4-2)10-13-11-17-6-9-19-14(17)16-13/h6,9,11-12,15H,3-5,7-8,10H2,1-2H3. The van der Waals surface area contributed by atoms with Crippen molar-refractivity contribution in [2.75, 3.05) is 19.8 Å². The molecule has 0 amide bonds. The van der Waals surface area contributed by atoms with Gasteiger partial charge in [-0.1, -0.05) is 13.8 Å². The minimum absolute atomic E-state index is 0.450. The average molecular weight is 281 g/mol. The quantitative estimate of drug-likeness (QED) is 0.718. The molecule has 5 heteroatoms. The zero-order valence-electron chi connectivity index (χ0n) is 11.8. The number of ether oxygens (including phenoxy) is 1. The van der Waals surface area contributed by atoms with Gasteiger partial charge in [0.25, 0.3) is 0 Å². The van der Waals surface area contributed by atoms with Crippen molar-refractivity contribution in [2.45, 2.75) is 39.2 Å². The number of imidazole rings is 1. The molecule has 0 aromatic carbocycles. The predicted octanol–water partition coefficient (Wildman–Crippen LogP) is 2.73. The van der Waals surface area contributed by atoms with Crippen molar-refractivity contribution in [2.24, 2.45) is 0 Å². The summed E-state index contributed by atoms with van der Waals surface area (Å²) in [6.07, 6.45) is 7.28. The molecule has 1 unspecified atom stereocenters. The Labute approximate surface area is 118 Å². The Morgan fingerprint density at radius 2 is 2.32 bits per heavy atom. The number of fused-ring (bicyclic) bond motifs is 1. The average Bonchev–Trinajstić information content (AvgIpc) is 2.95. The second-order valence-electron chi connectivity index (χ2n) is 4.68. The third-order valence-corrected chi connectivity index (χ3v) is 3.82. The van der Waals surface area contributed by atoms with Gasteiger partial charge < -0.3 is 10.1 Å². The third-order valence-electron chi connectivity index (χ3n) is 3.05. The van der Waals surface area contributed by atoms with Gasteiger partial charge in [-0.2, -0.15) is 0 Å². The van der Waals surface area contributed by atoms with Crippen LogP contribution in [0.4, 0.5) is 0 Å². The Morgan fingerprint density at radius 1 is 1.42 bits per heavy atom. The number of rotatable bonds is 9. The summed E-state index contributed by atoms with van der Waals surface area (Å²) in [6, 6.07) is 0.450. The first-order valence-corrected chi connectivity index (χ1v) is 7.93. The summed E-state index contributed by atoms with van der Waals surface area (Å²) < 4.78 is 7.67.